The third-order valence-corrected chi connectivity index (χ3v) is 5.39. The molecule has 2 heterocycles. The third-order valence-electron chi connectivity index (χ3n) is 3.39. The molecule has 0 aromatic heterocycles. The minimum atomic E-state index is -0.233. The van der Waals surface area contributed by atoms with E-state index in [9.17, 15) is 4.79 Å². The van der Waals surface area contributed by atoms with Crippen molar-refractivity contribution >= 4 is 45.3 Å². The zero-order valence-electron chi connectivity index (χ0n) is 10.2. The predicted octanol–water partition coefficient (Wildman–Crippen LogP) is 2.53. The fourth-order valence-corrected chi connectivity index (χ4v) is 3.89. The summed E-state index contributed by atoms with van der Waals surface area (Å²) >= 11 is 3.83. The van der Waals surface area contributed by atoms with Crippen LogP contribution in [-0.2, 0) is 11.2 Å². The van der Waals surface area contributed by atoms with Crippen LogP contribution in [-0.4, -0.2) is 22.7 Å². The molecule has 1 atom stereocenters. The number of carbonyl (C=O) groups is 1. The molecule has 98 valence electrons. The summed E-state index contributed by atoms with van der Waals surface area (Å²) in [5.74, 6) is -0.233. The topological polar surface area (TPSA) is 55.5 Å². The SMILES string of the molecule is NC(=O)C1CC2=C(Cc3ccc(I)cc3)CN=C2S1. The summed E-state index contributed by atoms with van der Waals surface area (Å²) in [5, 5.41) is 0.907. The summed E-state index contributed by atoms with van der Waals surface area (Å²) in [6.07, 6.45) is 1.67. The Kier molecular flexibility index (Phi) is 3.66. The molecule has 1 aromatic carbocycles. The maximum atomic E-state index is 11.3. The van der Waals surface area contributed by atoms with Gasteiger partial charge >= 0.3 is 0 Å². The van der Waals surface area contributed by atoms with Gasteiger partial charge in [0.1, 0.15) is 0 Å². The number of halogens is 1. The zero-order valence-corrected chi connectivity index (χ0v) is 13.2. The summed E-state index contributed by atoms with van der Waals surface area (Å²) in [4.78, 5) is 15.8. The van der Waals surface area contributed by atoms with Crippen LogP contribution in [0.15, 0.2) is 40.4 Å². The lowest BCUT2D eigenvalue weighted by molar-refractivity contribution is -0.117. The smallest absolute Gasteiger partial charge is 0.231 e. The maximum absolute atomic E-state index is 11.3. The minimum absolute atomic E-state index is 0.124. The van der Waals surface area contributed by atoms with Gasteiger partial charge in [-0.3, -0.25) is 9.79 Å². The average molecular weight is 384 g/mol. The summed E-state index contributed by atoms with van der Waals surface area (Å²) in [6.45, 7) is 0.773. The summed E-state index contributed by atoms with van der Waals surface area (Å²) < 4.78 is 1.24. The summed E-state index contributed by atoms with van der Waals surface area (Å²) in [7, 11) is 0. The minimum Gasteiger partial charge on any atom is -0.369 e. The normalized spacial score (nSPS) is 21.5. The molecule has 5 heteroatoms. The first-order valence-electron chi connectivity index (χ1n) is 6.09. The van der Waals surface area contributed by atoms with Crippen LogP contribution in [0.5, 0.6) is 0 Å². The van der Waals surface area contributed by atoms with Gasteiger partial charge in [-0.2, -0.15) is 0 Å². The fourth-order valence-electron chi connectivity index (χ4n) is 2.38. The van der Waals surface area contributed by atoms with Crippen molar-refractivity contribution in [3.05, 3.63) is 44.5 Å². The Bertz CT molecular complexity index is 592. The number of hydrogen-bond acceptors (Lipinski definition) is 3. The summed E-state index contributed by atoms with van der Waals surface area (Å²) in [5.41, 5.74) is 9.27. The van der Waals surface area contributed by atoms with Gasteiger partial charge in [0, 0.05) is 3.57 Å². The lowest BCUT2D eigenvalue weighted by atomic mass is 9.99. The van der Waals surface area contributed by atoms with Crippen molar-refractivity contribution in [3.63, 3.8) is 0 Å². The molecule has 0 radical (unpaired) electrons. The first kappa shape index (κ1) is 13.2. The number of rotatable bonds is 3. The molecule has 1 fully saturated rings. The zero-order chi connectivity index (χ0) is 13.4. The number of primary amides is 1. The van der Waals surface area contributed by atoms with Crippen LogP contribution in [0.1, 0.15) is 12.0 Å². The van der Waals surface area contributed by atoms with Crippen LogP contribution in [0.4, 0.5) is 0 Å². The Labute approximate surface area is 129 Å². The fraction of sp³-hybridized carbons (Fsp3) is 0.286. The largest absolute Gasteiger partial charge is 0.369 e. The first-order valence-corrected chi connectivity index (χ1v) is 8.05. The van der Waals surface area contributed by atoms with Crippen molar-refractivity contribution in [2.45, 2.75) is 18.1 Å². The number of nitrogens with zero attached hydrogens (tertiary/aromatic N) is 1. The molecule has 2 aliphatic rings. The lowest BCUT2D eigenvalue weighted by Gasteiger charge is -2.06. The van der Waals surface area contributed by atoms with Crippen LogP contribution < -0.4 is 5.73 Å². The van der Waals surface area contributed by atoms with E-state index in [4.69, 9.17) is 5.73 Å². The van der Waals surface area contributed by atoms with Crippen LogP contribution in [0.25, 0.3) is 0 Å². The molecular formula is C14H13IN2OS. The first-order chi connectivity index (χ1) is 9.13. The molecule has 2 aliphatic heterocycles. The number of thioether (sulfide) groups is 1. The van der Waals surface area contributed by atoms with Gasteiger partial charge in [0.05, 0.1) is 16.8 Å². The van der Waals surface area contributed by atoms with Gasteiger partial charge in [-0.25, -0.2) is 0 Å². The van der Waals surface area contributed by atoms with Gasteiger partial charge in [-0.05, 0) is 64.3 Å². The van der Waals surface area contributed by atoms with Crippen molar-refractivity contribution in [1.29, 1.82) is 0 Å². The highest BCUT2D eigenvalue weighted by atomic mass is 127. The Morgan fingerprint density at radius 3 is 2.84 bits per heavy atom. The molecule has 19 heavy (non-hydrogen) atoms. The van der Waals surface area contributed by atoms with E-state index in [2.05, 4.69) is 51.8 Å². The molecule has 0 aliphatic carbocycles. The molecule has 1 unspecified atom stereocenters. The second-order valence-corrected chi connectivity index (χ2v) is 7.16. The second kappa shape index (κ2) is 5.28. The molecule has 1 aromatic rings. The van der Waals surface area contributed by atoms with E-state index < -0.39 is 0 Å². The molecule has 3 rings (SSSR count). The highest BCUT2D eigenvalue weighted by Crippen LogP contribution is 2.39. The molecule has 0 spiro atoms. The third kappa shape index (κ3) is 2.72. The van der Waals surface area contributed by atoms with E-state index >= 15 is 0 Å². The second-order valence-electron chi connectivity index (χ2n) is 4.72. The highest BCUT2D eigenvalue weighted by molar-refractivity contribution is 14.1. The van der Waals surface area contributed by atoms with Crippen molar-refractivity contribution in [2.24, 2.45) is 10.7 Å². The number of nitrogens with two attached hydrogens (primary N) is 1. The van der Waals surface area contributed by atoms with Gasteiger partial charge < -0.3 is 5.73 Å². The monoisotopic (exact) mass is 384 g/mol. The van der Waals surface area contributed by atoms with Gasteiger partial charge in [0.2, 0.25) is 5.91 Å². The lowest BCUT2D eigenvalue weighted by Crippen LogP contribution is -2.23. The van der Waals surface area contributed by atoms with Crippen LogP contribution in [0.2, 0.25) is 0 Å². The number of hydrogen-bond donors (Lipinski definition) is 1. The molecular weight excluding hydrogens is 371 g/mol. The van der Waals surface area contributed by atoms with E-state index in [1.807, 2.05) is 0 Å². The van der Waals surface area contributed by atoms with Crippen LogP contribution in [0.3, 0.4) is 0 Å². The number of benzene rings is 1. The number of amides is 1. The highest BCUT2D eigenvalue weighted by Gasteiger charge is 2.34. The van der Waals surface area contributed by atoms with Crippen LogP contribution >= 0.6 is 34.4 Å². The summed E-state index contributed by atoms with van der Waals surface area (Å²) in [6, 6.07) is 8.54. The number of aliphatic imine (C=N–C) groups is 1. The molecule has 1 saturated heterocycles. The Morgan fingerprint density at radius 2 is 2.16 bits per heavy atom. The van der Waals surface area contributed by atoms with E-state index in [0.717, 1.165) is 24.4 Å². The number of fused-ring (bicyclic) bond motifs is 1. The van der Waals surface area contributed by atoms with Gasteiger partial charge in [-0.15, -0.1) is 0 Å². The Balaban J connectivity index is 1.79. The Hall–Kier alpha value is -0.820. The Morgan fingerprint density at radius 1 is 1.42 bits per heavy atom. The predicted molar refractivity (Wildman–Crippen MR) is 87.4 cm³/mol. The molecule has 0 bridgehead atoms. The van der Waals surface area contributed by atoms with Gasteiger partial charge in [0.25, 0.3) is 0 Å². The van der Waals surface area contributed by atoms with E-state index in [1.54, 1.807) is 0 Å². The average Bonchev–Trinajstić information content (AvgIpc) is 2.94. The van der Waals surface area contributed by atoms with Crippen LogP contribution in [0, 0.1) is 3.57 Å². The van der Waals surface area contributed by atoms with E-state index in [0.29, 0.717) is 0 Å². The maximum Gasteiger partial charge on any atom is 0.231 e. The van der Waals surface area contributed by atoms with Crippen molar-refractivity contribution in [2.75, 3.05) is 6.54 Å². The quantitative estimate of drug-likeness (QED) is 0.815. The van der Waals surface area contributed by atoms with Crippen molar-refractivity contribution in [3.8, 4) is 0 Å². The van der Waals surface area contributed by atoms with E-state index in [1.165, 1.54) is 32.0 Å². The molecule has 3 nitrogen and oxygen atoms in total. The van der Waals surface area contributed by atoms with Gasteiger partial charge in [0.15, 0.2) is 0 Å². The standard InChI is InChI=1S/C14H13IN2OS/c15-10-3-1-8(2-4-10)5-9-7-17-14-11(9)6-12(19-14)13(16)18/h1-4,12H,5-7H2,(H2,16,18). The number of carbonyl (C=O) groups excluding carboxylic acids is 1. The van der Waals surface area contributed by atoms with E-state index in [-0.39, 0.29) is 11.2 Å². The molecule has 0 saturated carbocycles. The van der Waals surface area contributed by atoms with Crippen molar-refractivity contribution < 1.29 is 4.79 Å². The van der Waals surface area contributed by atoms with Gasteiger partial charge in [-0.1, -0.05) is 23.9 Å². The van der Waals surface area contributed by atoms with Crippen molar-refractivity contribution in [1.82, 2.24) is 0 Å². The molecule has 2 N–H and O–H groups in total. The molecule has 1 amide bonds.